The van der Waals surface area contributed by atoms with Gasteiger partial charge in [0.25, 0.3) is 5.91 Å². The first-order chi connectivity index (χ1) is 10.6. The van der Waals surface area contributed by atoms with Crippen molar-refractivity contribution < 1.29 is 9.90 Å². The molecule has 0 aliphatic rings. The molecule has 3 N–H and O–H groups in total. The molecule has 2 rings (SSSR count). The van der Waals surface area contributed by atoms with Crippen LogP contribution < -0.4 is 5.73 Å². The van der Waals surface area contributed by atoms with Gasteiger partial charge in [-0.25, -0.2) is 0 Å². The van der Waals surface area contributed by atoms with Gasteiger partial charge in [-0.2, -0.15) is 0 Å². The normalized spacial score (nSPS) is 13.4. The van der Waals surface area contributed by atoms with Gasteiger partial charge in [0.05, 0.1) is 6.10 Å². The van der Waals surface area contributed by atoms with Gasteiger partial charge in [-0.1, -0.05) is 48.5 Å². The van der Waals surface area contributed by atoms with E-state index in [0.29, 0.717) is 12.0 Å². The molecule has 22 heavy (non-hydrogen) atoms. The van der Waals surface area contributed by atoms with Crippen LogP contribution in [0.2, 0.25) is 0 Å². The van der Waals surface area contributed by atoms with E-state index in [9.17, 15) is 9.90 Å². The van der Waals surface area contributed by atoms with Crippen LogP contribution in [-0.4, -0.2) is 41.7 Å². The third-order valence-corrected chi connectivity index (χ3v) is 3.64. The average molecular weight is 298 g/mol. The number of nitrogens with zero attached hydrogens (tertiary/aromatic N) is 1. The molecular formula is C18H22N2O2. The van der Waals surface area contributed by atoms with Crippen molar-refractivity contribution in [1.82, 2.24) is 4.90 Å². The minimum Gasteiger partial charge on any atom is -0.390 e. The molecule has 116 valence electrons. The van der Waals surface area contributed by atoms with E-state index in [1.54, 1.807) is 19.2 Å². The fourth-order valence-electron chi connectivity index (χ4n) is 2.32. The summed E-state index contributed by atoms with van der Waals surface area (Å²) in [5.74, 6) is -0.119. The van der Waals surface area contributed by atoms with Crippen LogP contribution >= 0.6 is 0 Å². The summed E-state index contributed by atoms with van der Waals surface area (Å²) in [6, 6.07) is 18.4. The molecule has 0 radical (unpaired) electrons. The molecule has 0 heterocycles. The summed E-state index contributed by atoms with van der Waals surface area (Å²) in [6.07, 6.45) is -0.187. The lowest BCUT2D eigenvalue weighted by molar-refractivity contribution is 0.0636. The van der Waals surface area contributed by atoms with E-state index >= 15 is 0 Å². The number of aliphatic hydroxyl groups excluding tert-OH is 1. The molecule has 0 saturated carbocycles. The Hall–Kier alpha value is -2.17. The van der Waals surface area contributed by atoms with Crippen LogP contribution in [0.4, 0.5) is 0 Å². The molecule has 0 aliphatic carbocycles. The molecule has 0 aromatic heterocycles. The Morgan fingerprint density at radius 2 is 1.64 bits per heavy atom. The highest BCUT2D eigenvalue weighted by molar-refractivity contribution is 5.94. The maximum Gasteiger partial charge on any atom is 0.253 e. The van der Waals surface area contributed by atoms with E-state index in [0.717, 1.165) is 5.56 Å². The Balaban J connectivity index is 1.90. The number of carbonyl (C=O) groups excluding carboxylic acids is 1. The standard InChI is InChI=1S/C18H22N2O2/c1-20(18(22)15-10-6-3-7-11-15)13-17(21)16(19)12-14-8-4-2-5-9-14/h2-11,16-17,21H,12-13,19H2,1H3/t16-,17+/m1/s1. The van der Waals surface area contributed by atoms with Gasteiger partial charge < -0.3 is 15.7 Å². The fourth-order valence-corrected chi connectivity index (χ4v) is 2.32. The SMILES string of the molecule is CN(C[C@H](O)[C@H](N)Cc1ccccc1)C(=O)c1ccccc1. The number of hydrogen-bond donors (Lipinski definition) is 2. The largest absolute Gasteiger partial charge is 0.390 e. The van der Waals surface area contributed by atoms with E-state index in [-0.39, 0.29) is 12.5 Å². The zero-order valence-electron chi connectivity index (χ0n) is 12.7. The molecule has 0 fully saturated rings. The van der Waals surface area contributed by atoms with Gasteiger partial charge in [-0.15, -0.1) is 0 Å². The van der Waals surface area contributed by atoms with Crippen LogP contribution in [0, 0.1) is 0 Å². The minimum absolute atomic E-state index is 0.119. The number of hydrogen-bond acceptors (Lipinski definition) is 3. The van der Waals surface area contributed by atoms with Gasteiger partial charge in [0.15, 0.2) is 0 Å². The molecule has 4 heteroatoms. The second kappa shape index (κ2) is 7.73. The van der Waals surface area contributed by atoms with Gasteiger partial charge in [0.2, 0.25) is 0 Å². The molecule has 0 saturated heterocycles. The van der Waals surface area contributed by atoms with Crippen molar-refractivity contribution in [2.24, 2.45) is 5.73 Å². The Bertz CT molecular complexity index is 587. The van der Waals surface area contributed by atoms with Crippen LogP contribution in [0.5, 0.6) is 0 Å². The van der Waals surface area contributed by atoms with Crippen LogP contribution in [-0.2, 0) is 6.42 Å². The first-order valence-electron chi connectivity index (χ1n) is 7.36. The molecule has 1 amide bonds. The maximum atomic E-state index is 12.2. The monoisotopic (exact) mass is 298 g/mol. The van der Waals surface area contributed by atoms with Gasteiger partial charge in [0.1, 0.15) is 0 Å². The van der Waals surface area contributed by atoms with Gasteiger partial charge >= 0.3 is 0 Å². The summed E-state index contributed by atoms with van der Waals surface area (Å²) >= 11 is 0. The van der Waals surface area contributed by atoms with Crippen LogP contribution in [0.25, 0.3) is 0 Å². The first kappa shape index (κ1) is 16.2. The molecule has 0 unspecified atom stereocenters. The number of benzene rings is 2. The summed E-state index contributed by atoms with van der Waals surface area (Å²) < 4.78 is 0. The van der Waals surface area contributed by atoms with Crippen molar-refractivity contribution in [2.45, 2.75) is 18.6 Å². The summed E-state index contributed by atoms with van der Waals surface area (Å²) in [7, 11) is 1.67. The van der Waals surface area contributed by atoms with Crippen LogP contribution in [0.15, 0.2) is 60.7 Å². The molecule has 2 aromatic carbocycles. The lowest BCUT2D eigenvalue weighted by Crippen LogP contribution is -2.45. The molecule has 0 spiro atoms. The predicted octanol–water partition coefficient (Wildman–Crippen LogP) is 1.69. The number of amides is 1. The summed E-state index contributed by atoms with van der Waals surface area (Å²) in [5.41, 5.74) is 7.73. The highest BCUT2D eigenvalue weighted by Crippen LogP contribution is 2.08. The molecule has 2 atom stereocenters. The number of likely N-dealkylation sites (N-methyl/N-ethyl adjacent to an activating group) is 1. The zero-order valence-corrected chi connectivity index (χ0v) is 12.7. The molecule has 0 bridgehead atoms. The highest BCUT2D eigenvalue weighted by Gasteiger charge is 2.20. The van der Waals surface area contributed by atoms with Crippen LogP contribution in [0.1, 0.15) is 15.9 Å². The maximum absolute atomic E-state index is 12.2. The summed E-state index contributed by atoms with van der Waals surface area (Å²) in [5, 5.41) is 10.2. The average Bonchev–Trinajstić information content (AvgIpc) is 2.55. The highest BCUT2D eigenvalue weighted by atomic mass is 16.3. The second-order valence-electron chi connectivity index (χ2n) is 5.47. The second-order valence-corrected chi connectivity index (χ2v) is 5.47. The Morgan fingerprint density at radius 1 is 1.09 bits per heavy atom. The van der Waals surface area contributed by atoms with Crippen molar-refractivity contribution >= 4 is 5.91 Å². The quantitative estimate of drug-likeness (QED) is 0.853. The third kappa shape index (κ3) is 4.41. The van der Waals surface area contributed by atoms with Gasteiger partial charge in [0, 0.05) is 25.2 Å². The predicted molar refractivity (Wildman–Crippen MR) is 87.5 cm³/mol. The van der Waals surface area contributed by atoms with Crippen molar-refractivity contribution in [3.63, 3.8) is 0 Å². The lowest BCUT2D eigenvalue weighted by atomic mass is 10.0. The molecule has 4 nitrogen and oxygen atoms in total. The number of nitrogens with two attached hydrogens (primary N) is 1. The van der Waals surface area contributed by atoms with E-state index < -0.39 is 12.1 Å². The number of carbonyl (C=O) groups is 1. The lowest BCUT2D eigenvalue weighted by Gasteiger charge is -2.25. The smallest absolute Gasteiger partial charge is 0.253 e. The summed E-state index contributed by atoms with van der Waals surface area (Å²) in [6.45, 7) is 0.210. The van der Waals surface area contributed by atoms with Crippen molar-refractivity contribution in [1.29, 1.82) is 0 Å². The van der Waals surface area contributed by atoms with E-state index in [1.165, 1.54) is 4.90 Å². The molecular weight excluding hydrogens is 276 g/mol. The van der Waals surface area contributed by atoms with E-state index in [1.807, 2.05) is 48.5 Å². The summed E-state index contributed by atoms with van der Waals surface area (Å²) in [4.78, 5) is 13.7. The van der Waals surface area contributed by atoms with Crippen molar-refractivity contribution in [3.05, 3.63) is 71.8 Å². The van der Waals surface area contributed by atoms with Crippen molar-refractivity contribution in [3.8, 4) is 0 Å². The zero-order chi connectivity index (χ0) is 15.9. The fraction of sp³-hybridized carbons (Fsp3) is 0.278. The minimum atomic E-state index is -0.766. The van der Waals surface area contributed by atoms with Gasteiger partial charge in [-0.05, 0) is 24.1 Å². The Morgan fingerprint density at radius 3 is 2.23 bits per heavy atom. The number of aliphatic hydroxyl groups is 1. The first-order valence-corrected chi connectivity index (χ1v) is 7.36. The topological polar surface area (TPSA) is 66.6 Å². The van der Waals surface area contributed by atoms with E-state index in [2.05, 4.69) is 0 Å². The Labute approximate surface area is 131 Å². The third-order valence-electron chi connectivity index (χ3n) is 3.64. The molecule has 0 aliphatic heterocycles. The van der Waals surface area contributed by atoms with Gasteiger partial charge in [-0.3, -0.25) is 4.79 Å². The van der Waals surface area contributed by atoms with Crippen LogP contribution in [0.3, 0.4) is 0 Å². The number of rotatable bonds is 6. The van der Waals surface area contributed by atoms with Crippen molar-refractivity contribution in [2.75, 3.05) is 13.6 Å². The Kier molecular flexibility index (Phi) is 5.69. The molecule has 2 aromatic rings. The van der Waals surface area contributed by atoms with E-state index in [4.69, 9.17) is 5.73 Å².